The third kappa shape index (κ3) is 3.91. The summed E-state index contributed by atoms with van der Waals surface area (Å²) in [6, 6.07) is 18.0. The number of pyridine rings is 2. The van der Waals surface area contributed by atoms with Crippen LogP contribution in [-0.2, 0) is 0 Å². The van der Waals surface area contributed by atoms with E-state index in [4.69, 9.17) is 9.40 Å². The summed E-state index contributed by atoms with van der Waals surface area (Å²) in [6.07, 6.45) is 7.75. The van der Waals surface area contributed by atoms with Crippen LogP contribution in [0.1, 0.15) is 10.4 Å². The molecule has 2 aromatic carbocycles. The van der Waals surface area contributed by atoms with E-state index < -0.39 is 5.82 Å². The Labute approximate surface area is 219 Å². The second kappa shape index (κ2) is 9.03. The molecule has 0 aliphatic rings. The molecular weight excluding hydrogens is 497 g/mol. The van der Waals surface area contributed by atoms with Crippen molar-refractivity contribution in [1.82, 2.24) is 30.1 Å². The second-order valence-corrected chi connectivity index (χ2v) is 8.86. The van der Waals surface area contributed by atoms with Crippen molar-refractivity contribution in [3.05, 3.63) is 103 Å². The van der Waals surface area contributed by atoms with E-state index >= 15 is 4.39 Å². The highest BCUT2D eigenvalue weighted by atomic mass is 19.1. The first-order valence-corrected chi connectivity index (χ1v) is 12.0. The summed E-state index contributed by atoms with van der Waals surface area (Å²) in [5.41, 5.74) is 5.39. The number of carbonyl (C=O) groups is 1. The van der Waals surface area contributed by atoms with E-state index in [2.05, 4.69) is 30.5 Å². The summed E-state index contributed by atoms with van der Waals surface area (Å²) in [6.45, 7) is 0. The van der Waals surface area contributed by atoms with Crippen molar-refractivity contribution in [2.45, 2.75) is 0 Å². The maximum absolute atomic E-state index is 16.1. The summed E-state index contributed by atoms with van der Waals surface area (Å²) in [5, 5.41) is 10.2. The lowest BCUT2D eigenvalue weighted by Gasteiger charge is -2.08. The molecular formula is C29H18FN7O2. The Morgan fingerprint density at radius 2 is 1.82 bits per heavy atom. The molecule has 0 bridgehead atoms. The minimum absolute atomic E-state index is 0.0728. The Hall–Kier alpha value is -5.64. The molecule has 0 aliphatic carbocycles. The van der Waals surface area contributed by atoms with Crippen LogP contribution in [0.25, 0.3) is 55.8 Å². The average Bonchev–Trinajstić information content (AvgIpc) is 3.73. The van der Waals surface area contributed by atoms with Crippen LogP contribution in [-0.4, -0.2) is 36.0 Å². The number of furan rings is 1. The van der Waals surface area contributed by atoms with Gasteiger partial charge in [0.25, 0.3) is 5.91 Å². The molecule has 5 aromatic heterocycles. The first-order valence-electron chi connectivity index (χ1n) is 12.0. The first kappa shape index (κ1) is 22.5. The number of H-pyrrole nitrogens is 2. The van der Waals surface area contributed by atoms with E-state index in [0.717, 1.165) is 16.6 Å². The van der Waals surface area contributed by atoms with Gasteiger partial charge in [-0.3, -0.25) is 19.9 Å². The summed E-state index contributed by atoms with van der Waals surface area (Å²) < 4.78 is 21.3. The number of hydrogen-bond donors (Lipinski definition) is 3. The lowest BCUT2D eigenvalue weighted by Crippen LogP contribution is -2.11. The van der Waals surface area contributed by atoms with Gasteiger partial charge in [0.1, 0.15) is 11.4 Å². The number of para-hydroxylation sites is 1. The Bertz CT molecular complexity index is 1980. The molecule has 0 radical (unpaired) electrons. The van der Waals surface area contributed by atoms with Crippen LogP contribution in [0, 0.1) is 5.82 Å². The van der Waals surface area contributed by atoms with Gasteiger partial charge in [-0.2, -0.15) is 5.10 Å². The van der Waals surface area contributed by atoms with Gasteiger partial charge in [-0.05, 0) is 30.3 Å². The Kier molecular flexibility index (Phi) is 5.22. The molecule has 0 saturated heterocycles. The zero-order valence-electron chi connectivity index (χ0n) is 20.1. The van der Waals surface area contributed by atoms with E-state index in [1.165, 1.54) is 18.6 Å². The molecule has 3 N–H and O–H groups in total. The van der Waals surface area contributed by atoms with Gasteiger partial charge >= 0.3 is 0 Å². The number of nitrogens with zero attached hydrogens (tertiary/aromatic N) is 4. The van der Waals surface area contributed by atoms with Gasteiger partial charge < -0.3 is 14.7 Å². The van der Waals surface area contributed by atoms with Gasteiger partial charge in [-0.25, -0.2) is 9.37 Å². The minimum atomic E-state index is -0.583. The number of imidazole rings is 1. The average molecular weight is 516 g/mol. The van der Waals surface area contributed by atoms with Gasteiger partial charge in [0, 0.05) is 28.5 Å². The van der Waals surface area contributed by atoms with Gasteiger partial charge in [0.15, 0.2) is 11.6 Å². The summed E-state index contributed by atoms with van der Waals surface area (Å²) in [7, 11) is 0. The normalized spacial score (nSPS) is 11.3. The topological polar surface area (TPSA) is 125 Å². The minimum Gasteiger partial charge on any atom is -0.472 e. The van der Waals surface area contributed by atoms with Crippen LogP contribution >= 0.6 is 0 Å². The van der Waals surface area contributed by atoms with Crippen LogP contribution in [0.15, 0.2) is 96.2 Å². The fourth-order valence-electron chi connectivity index (χ4n) is 4.57. The van der Waals surface area contributed by atoms with E-state index in [-0.39, 0.29) is 17.0 Å². The van der Waals surface area contributed by atoms with E-state index in [0.29, 0.717) is 39.4 Å². The molecule has 7 aromatic rings. The third-order valence-electron chi connectivity index (χ3n) is 6.42. The van der Waals surface area contributed by atoms with Crippen molar-refractivity contribution in [3.63, 3.8) is 0 Å². The van der Waals surface area contributed by atoms with Gasteiger partial charge in [0.2, 0.25) is 0 Å². The van der Waals surface area contributed by atoms with Crippen LogP contribution in [0.2, 0.25) is 0 Å². The molecule has 0 atom stereocenters. The number of carbonyl (C=O) groups excluding carboxylic acids is 1. The van der Waals surface area contributed by atoms with Crippen molar-refractivity contribution in [1.29, 1.82) is 0 Å². The van der Waals surface area contributed by atoms with Crippen molar-refractivity contribution in [2.24, 2.45) is 0 Å². The zero-order valence-corrected chi connectivity index (χ0v) is 20.1. The number of benzene rings is 2. The number of anilines is 1. The van der Waals surface area contributed by atoms with Crippen molar-refractivity contribution < 1.29 is 13.6 Å². The largest absolute Gasteiger partial charge is 0.472 e. The molecule has 1 amide bonds. The highest BCUT2D eigenvalue weighted by Gasteiger charge is 2.21. The number of fused-ring (bicyclic) bond motifs is 2. The summed E-state index contributed by atoms with van der Waals surface area (Å²) in [5.74, 6) is -0.472. The van der Waals surface area contributed by atoms with E-state index in [1.807, 2.05) is 30.3 Å². The molecule has 7 rings (SSSR count). The van der Waals surface area contributed by atoms with Crippen molar-refractivity contribution in [2.75, 3.05) is 5.32 Å². The van der Waals surface area contributed by atoms with Crippen molar-refractivity contribution >= 4 is 33.5 Å². The van der Waals surface area contributed by atoms with Crippen LogP contribution in [0.3, 0.4) is 0 Å². The quantitative estimate of drug-likeness (QED) is 0.250. The number of hydrogen-bond acceptors (Lipinski definition) is 6. The number of aromatic nitrogens is 6. The highest BCUT2D eigenvalue weighted by Crippen LogP contribution is 2.34. The maximum Gasteiger partial charge on any atom is 0.255 e. The fourth-order valence-corrected chi connectivity index (χ4v) is 4.57. The third-order valence-corrected chi connectivity index (χ3v) is 6.42. The standard InChI is InChI=1S/C29H18FN7O2/c30-24-23-22(14-32-25(24)18-11-19(13-31-12-18)33-29(38)16-5-2-1-3-6-16)36-37-27(23)28-34-21-8-4-7-20(26(21)35-28)17-9-10-39-15-17/h1-15H,(H,33,38)(H,34,35)(H,36,37). The summed E-state index contributed by atoms with van der Waals surface area (Å²) >= 11 is 0. The Morgan fingerprint density at radius 1 is 0.923 bits per heavy atom. The number of nitrogens with one attached hydrogen (secondary N) is 3. The lowest BCUT2D eigenvalue weighted by molar-refractivity contribution is 0.102. The smallest absolute Gasteiger partial charge is 0.255 e. The molecule has 5 heterocycles. The molecule has 0 fully saturated rings. The summed E-state index contributed by atoms with van der Waals surface area (Å²) in [4.78, 5) is 29.1. The number of aromatic amines is 2. The van der Waals surface area contributed by atoms with E-state index in [1.54, 1.807) is 42.9 Å². The molecule has 0 saturated carbocycles. The SMILES string of the molecule is O=C(Nc1cncc(-c2ncc3[nH]nc(-c4nc5c(-c6ccoc6)cccc5[nH]4)c3c2F)c1)c1ccccc1. The fraction of sp³-hybridized carbons (Fsp3) is 0. The molecule has 39 heavy (non-hydrogen) atoms. The molecule has 0 unspecified atom stereocenters. The molecule has 10 heteroatoms. The monoisotopic (exact) mass is 515 g/mol. The molecule has 9 nitrogen and oxygen atoms in total. The molecule has 0 spiro atoms. The van der Waals surface area contributed by atoms with Gasteiger partial charge in [0.05, 0.1) is 52.5 Å². The number of amides is 1. The molecule has 188 valence electrons. The lowest BCUT2D eigenvalue weighted by atomic mass is 10.1. The van der Waals surface area contributed by atoms with Crippen LogP contribution < -0.4 is 5.32 Å². The predicted molar refractivity (Wildman–Crippen MR) is 144 cm³/mol. The van der Waals surface area contributed by atoms with Crippen LogP contribution in [0.5, 0.6) is 0 Å². The predicted octanol–water partition coefficient (Wildman–Crippen LogP) is 6.21. The number of halogens is 1. The van der Waals surface area contributed by atoms with Gasteiger partial charge in [-0.1, -0.05) is 30.3 Å². The number of rotatable bonds is 5. The van der Waals surface area contributed by atoms with E-state index in [9.17, 15) is 4.79 Å². The zero-order chi connectivity index (χ0) is 26.3. The first-order chi connectivity index (χ1) is 19.2. The van der Waals surface area contributed by atoms with Crippen LogP contribution in [0.4, 0.5) is 10.1 Å². The second-order valence-electron chi connectivity index (χ2n) is 8.86. The molecule has 0 aliphatic heterocycles. The Morgan fingerprint density at radius 3 is 2.67 bits per heavy atom. The Balaban J connectivity index is 1.29. The maximum atomic E-state index is 16.1. The van der Waals surface area contributed by atoms with Gasteiger partial charge in [-0.15, -0.1) is 0 Å². The highest BCUT2D eigenvalue weighted by molar-refractivity contribution is 6.04. The van der Waals surface area contributed by atoms with Crippen molar-refractivity contribution in [3.8, 4) is 33.9 Å².